The number of benzene rings is 2. The van der Waals surface area contributed by atoms with Crippen molar-refractivity contribution >= 4 is 21.9 Å². The fourth-order valence-electron chi connectivity index (χ4n) is 3.14. The fraction of sp³-hybridized carbons (Fsp3) is 0.150. The number of carbonyl (C=O) groups excluding carboxylic acids is 2. The molecule has 0 atom stereocenters. The van der Waals surface area contributed by atoms with Gasteiger partial charge < -0.3 is 4.74 Å². The Hall–Kier alpha value is -3.46. The topological polar surface area (TPSA) is 98.6 Å². The number of amides is 1. The minimum atomic E-state index is -3.91. The highest BCUT2D eigenvalue weighted by Crippen LogP contribution is 2.29. The third-order valence-electron chi connectivity index (χ3n) is 4.62. The molecule has 0 radical (unpaired) electrons. The predicted molar refractivity (Wildman–Crippen MR) is 103 cm³/mol. The molecule has 148 valence electrons. The number of aryl methyl sites for hydroxylation is 1. The highest BCUT2D eigenvalue weighted by Gasteiger charge is 2.40. The van der Waals surface area contributed by atoms with E-state index in [0.717, 1.165) is 15.7 Å². The third-order valence-corrected chi connectivity index (χ3v) is 6.46. The first kappa shape index (κ1) is 18.9. The van der Waals surface area contributed by atoms with E-state index >= 15 is 0 Å². The molecular weight excluding hydrogens is 394 g/mol. The summed E-state index contributed by atoms with van der Waals surface area (Å²) in [4.78, 5) is 24.6. The summed E-state index contributed by atoms with van der Waals surface area (Å²) in [6, 6.07) is 14.6. The van der Waals surface area contributed by atoms with Crippen LogP contribution in [0.5, 0.6) is 0 Å². The van der Waals surface area contributed by atoms with Gasteiger partial charge in [0.05, 0.1) is 23.4 Å². The Bertz CT molecular complexity index is 1200. The van der Waals surface area contributed by atoms with Crippen molar-refractivity contribution in [1.82, 2.24) is 14.1 Å². The Morgan fingerprint density at radius 1 is 1.07 bits per heavy atom. The molecule has 1 aromatic heterocycles. The summed E-state index contributed by atoms with van der Waals surface area (Å²) >= 11 is 0. The van der Waals surface area contributed by atoms with Crippen molar-refractivity contribution in [2.45, 2.75) is 11.8 Å². The van der Waals surface area contributed by atoms with Gasteiger partial charge in [-0.25, -0.2) is 22.2 Å². The molecule has 1 aliphatic heterocycles. The zero-order valence-corrected chi connectivity index (χ0v) is 16.3. The van der Waals surface area contributed by atoms with Crippen molar-refractivity contribution < 1.29 is 22.7 Å². The van der Waals surface area contributed by atoms with E-state index in [-0.39, 0.29) is 23.6 Å². The first-order chi connectivity index (χ1) is 13.9. The SMILES string of the molecule is Cc1ccnn1-c1ccc(C(=O)OCCN2C(=O)c3ccccc3S2(=O)=O)cc1. The number of aromatic nitrogens is 2. The second-order valence-electron chi connectivity index (χ2n) is 6.45. The van der Waals surface area contributed by atoms with Crippen molar-refractivity contribution in [3.8, 4) is 5.69 Å². The van der Waals surface area contributed by atoms with Gasteiger partial charge in [-0.05, 0) is 49.4 Å². The van der Waals surface area contributed by atoms with Gasteiger partial charge >= 0.3 is 5.97 Å². The van der Waals surface area contributed by atoms with Crippen LogP contribution in [0.2, 0.25) is 0 Å². The average Bonchev–Trinajstić information content (AvgIpc) is 3.23. The van der Waals surface area contributed by atoms with Crippen molar-refractivity contribution in [1.29, 1.82) is 0 Å². The summed E-state index contributed by atoms with van der Waals surface area (Å²) in [5, 5.41) is 4.20. The first-order valence-electron chi connectivity index (χ1n) is 8.84. The molecular formula is C20H17N3O5S. The summed E-state index contributed by atoms with van der Waals surface area (Å²) in [5.41, 5.74) is 2.20. The molecule has 0 fully saturated rings. The van der Waals surface area contributed by atoms with E-state index in [4.69, 9.17) is 4.74 Å². The molecule has 0 aliphatic carbocycles. The Kier molecular flexibility index (Phi) is 4.67. The number of esters is 1. The highest BCUT2D eigenvalue weighted by atomic mass is 32.2. The lowest BCUT2D eigenvalue weighted by atomic mass is 10.2. The maximum absolute atomic E-state index is 12.5. The lowest BCUT2D eigenvalue weighted by Gasteiger charge is -2.15. The van der Waals surface area contributed by atoms with E-state index in [0.29, 0.717) is 5.56 Å². The van der Waals surface area contributed by atoms with Crippen LogP contribution in [0, 0.1) is 6.92 Å². The van der Waals surface area contributed by atoms with Crippen LogP contribution in [-0.2, 0) is 14.8 Å². The quantitative estimate of drug-likeness (QED) is 0.597. The van der Waals surface area contributed by atoms with Crippen molar-refractivity contribution in [2.24, 2.45) is 0 Å². The molecule has 0 bridgehead atoms. The van der Waals surface area contributed by atoms with Crippen molar-refractivity contribution in [2.75, 3.05) is 13.2 Å². The number of sulfonamides is 1. The molecule has 29 heavy (non-hydrogen) atoms. The minimum Gasteiger partial charge on any atom is -0.460 e. The number of hydrogen-bond acceptors (Lipinski definition) is 6. The fourth-order valence-corrected chi connectivity index (χ4v) is 4.69. The second-order valence-corrected chi connectivity index (χ2v) is 8.28. The Morgan fingerprint density at radius 2 is 1.79 bits per heavy atom. The predicted octanol–water partition coefficient (Wildman–Crippen LogP) is 2.18. The maximum Gasteiger partial charge on any atom is 0.338 e. The summed E-state index contributed by atoms with van der Waals surface area (Å²) in [5.74, 6) is -1.22. The minimum absolute atomic E-state index is 0.0270. The van der Waals surface area contributed by atoms with Gasteiger partial charge in [-0.3, -0.25) is 4.79 Å². The zero-order chi connectivity index (χ0) is 20.6. The molecule has 1 amide bonds. The van der Waals surface area contributed by atoms with Crippen LogP contribution >= 0.6 is 0 Å². The van der Waals surface area contributed by atoms with Gasteiger partial charge in [0, 0.05) is 11.9 Å². The number of fused-ring (bicyclic) bond motifs is 1. The Labute approximate surface area is 167 Å². The Morgan fingerprint density at radius 3 is 2.45 bits per heavy atom. The molecule has 0 N–H and O–H groups in total. The van der Waals surface area contributed by atoms with Crippen LogP contribution in [0.1, 0.15) is 26.4 Å². The van der Waals surface area contributed by atoms with Crippen LogP contribution < -0.4 is 0 Å². The van der Waals surface area contributed by atoms with E-state index in [1.807, 2.05) is 13.0 Å². The van der Waals surface area contributed by atoms with E-state index < -0.39 is 21.9 Å². The number of ether oxygens (including phenoxy) is 1. The first-order valence-corrected chi connectivity index (χ1v) is 10.3. The standard InChI is InChI=1S/C20H17N3O5S/c1-14-10-11-21-23(14)16-8-6-15(7-9-16)20(25)28-13-12-22-19(24)17-4-2-3-5-18(17)29(22,26)27/h2-11H,12-13H2,1H3. The van der Waals surface area contributed by atoms with Crippen LogP contribution in [0.25, 0.3) is 5.69 Å². The van der Waals surface area contributed by atoms with E-state index in [1.54, 1.807) is 47.3 Å². The van der Waals surface area contributed by atoms with Gasteiger partial charge in [-0.2, -0.15) is 5.10 Å². The number of carbonyl (C=O) groups is 2. The average molecular weight is 411 g/mol. The normalized spacial score (nSPS) is 14.7. The maximum atomic E-state index is 12.5. The molecule has 2 aromatic carbocycles. The third kappa shape index (κ3) is 3.29. The molecule has 0 spiro atoms. The summed E-state index contributed by atoms with van der Waals surface area (Å²) in [7, 11) is -3.91. The molecule has 0 saturated heterocycles. The van der Waals surface area contributed by atoms with Crippen LogP contribution in [0.15, 0.2) is 65.7 Å². The molecule has 2 heterocycles. The van der Waals surface area contributed by atoms with Gasteiger partial charge in [-0.15, -0.1) is 0 Å². The van der Waals surface area contributed by atoms with Crippen molar-refractivity contribution in [3.63, 3.8) is 0 Å². The van der Waals surface area contributed by atoms with Gasteiger partial charge in [0.25, 0.3) is 15.9 Å². The van der Waals surface area contributed by atoms with Gasteiger partial charge in [0.2, 0.25) is 0 Å². The smallest absolute Gasteiger partial charge is 0.338 e. The molecule has 0 unspecified atom stereocenters. The highest BCUT2D eigenvalue weighted by molar-refractivity contribution is 7.90. The molecule has 3 aromatic rings. The van der Waals surface area contributed by atoms with E-state index in [9.17, 15) is 18.0 Å². The van der Waals surface area contributed by atoms with Crippen LogP contribution in [0.4, 0.5) is 0 Å². The number of rotatable bonds is 5. The molecule has 0 saturated carbocycles. The molecule has 4 rings (SSSR count). The largest absolute Gasteiger partial charge is 0.460 e. The lowest BCUT2D eigenvalue weighted by molar-refractivity contribution is 0.0478. The molecule has 8 nitrogen and oxygen atoms in total. The summed E-state index contributed by atoms with van der Waals surface area (Å²) in [6.45, 7) is 1.44. The number of hydrogen-bond donors (Lipinski definition) is 0. The van der Waals surface area contributed by atoms with Crippen molar-refractivity contribution in [3.05, 3.63) is 77.6 Å². The zero-order valence-electron chi connectivity index (χ0n) is 15.5. The summed E-state index contributed by atoms with van der Waals surface area (Å²) in [6.07, 6.45) is 1.68. The van der Waals surface area contributed by atoms with Gasteiger partial charge in [0.15, 0.2) is 0 Å². The molecule has 9 heteroatoms. The van der Waals surface area contributed by atoms with E-state index in [1.165, 1.54) is 12.1 Å². The van der Waals surface area contributed by atoms with Crippen LogP contribution in [0.3, 0.4) is 0 Å². The monoisotopic (exact) mass is 411 g/mol. The van der Waals surface area contributed by atoms with E-state index in [2.05, 4.69) is 5.10 Å². The van der Waals surface area contributed by atoms with Crippen LogP contribution in [-0.4, -0.2) is 47.5 Å². The van der Waals surface area contributed by atoms with Gasteiger partial charge in [0.1, 0.15) is 11.5 Å². The Balaban J connectivity index is 1.40. The van der Waals surface area contributed by atoms with Gasteiger partial charge in [-0.1, -0.05) is 12.1 Å². The second kappa shape index (κ2) is 7.17. The molecule has 1 aliphatic rings. The lowest BCUT2D eigenvalue weighted by Crippen LogP contribution is -2.33. The number of nitrogens with zero attached hydrogens (tertiary/aromatic N) is 3. The summed E-state index contributed by atoms with van der Waals surface area (Å²) < 4.78 is 32.6.